The molecule has 8 heteroatoms. The molecule has 20 heavy (non-hydrogen) atoms. The Labute approximate surface area is 118 Å². The lowest BCUT2D eigenvalue weighted by atomic mass is 10.3. The van der Waals surface area contributed by atoms with E-state index in [0.717, 1.165) is 0 Å². The van der Waals surface area contributed by atoms with E-state index in [-0.39, 0.29) is 13.1 Å². The molecule has 4 N–H and O–H groups in total. The van der Waals surface area contributed by atoms with E-state index in [1.54, 1.807) is 0 Å². The maximum atomic E-state index is 10.7. The highest BCUT2D eigenvalue weighted by atomic mass is 16.4. The number of aliphatic carboxylic acids is 2. The van der Waals surface area contributed by atoms with Crippen molar-refractivity contribution in [1.82, 2.24) is 20.4 Å². The second kappa shape index (κ2) is 9.65. The van der Waals surface area contributed by atoms with Gasteiger partial charge in [0.15, 0.2) is 0 Å². The fourth-order valence-electron chi connectivity index (χ4n) is 2.12. The van der Waals surface area contributed by atoms with Crippen LogP contribution in [0.15, 0.2) is 0 Å². The Hall–Kier alpha value is -1.22. The van der Waals surface area contributed by atoms with Crippen LogP contribution in [0.5, 0.6) is 0 Å². The van der Waals surface area contributed by atoms with E-state index in [2.05, 4.69) is 10.6 Å². The van der Waals surface area contributed by atoms with Gasteiger partial charge in [0.2, 0.25) is 0 Å². The topological polar surface area (TPSA) is 105 Å². The first-order valence-electron chi connectivity index (χ1n) is 6.87. The number of nitrogens with zero attached hydrogens (tertiary/aromatic N) is 2. The Morgan fingerprint density at radius 2 is 1.05 bits per heavy atom. The van der Waals surface area contributed by atoms with Gasteiger partial charge in [0.25, 0.3) is 0 Å². The number of carbonyl (C=O) groups is 2. The van der Waals surface area contributed by atoms with Crippen LogP contribution in [0, 0.1) is 0 Å². The Bertz CT molecular complexity index is 272. The van der Waals surface area contributed by atoms with Crippen molar-refractivity contribution < 1.29 is 19.8 Å². The van der Waals surface area contributed by atoms with Gasteiger partial charge in [-0.05, 0) is 0 Å². The molecule has 0 aromatic rings. The van der Waals surface area contributed by atoms with Crippen molar-refractivity contribution in [2.75, 3.05) is 65.4 Å². The second-order valence-electron chi connectivity index (χ2n) is 4.84. The summed E-state index contributed by atoms with van der Waals surface area (Å²) >= 11 is 0. The molecular weight excluding hydrogens is 264 g/mol. The number of nitrogens with one attached hydrogen (secondary N) is 2. The van der Waals surface area contributed by atoms with Crippen LogP contribution in [0.25, 0.3) is 0 Å². The van der Waals surface area contributed by atoms with Crippen LogP contribution in [0.1, 0.15) is 0 Å². The van der Waals surface area contributed by atoms with E-state index < -0.39 is 11.9 Å². The first-order chi connectivity index (χ1) is 9.58. The summed E-state index contributed by atoms with van der Waals surface area (Å²) in [6, 6.07) is 0. The number of carboxylic acids is 2. The summed E-state index contributed by atoms with van der Waals surface area (Å²) in [6.45, 7) is 5.60. The molecule has 0 saturated carbocycles. The van der Waals surface area contributed by atoms with Crippen molar-refractivity contribution >= 4 is 11.9 Å². The van der Waals surface area contributed by atoms with Crippen LogP contribution < -0.4 is 10.6 Å². The van der Waals surface area contributed by atoms with Crippen LogP contribution in [0.3, 0.4) is 0 Å². The Balaban J connectivity index is 2.37. The SMILES string of the molecule is O=C(O)CN1CCNCCN(CC(=O)O)CCNCC1. The fraction of sp³-hybridized carbons (Fsp3) is 0.833. The highest BCUT2D eigenvalue weighted by molar-refractivity contribution is 5.69. The first-order valence-corrected chi connectivity index (χ1v) is 6.87. The van der Waals surface area contributed by atoms with Gasteiger partial charge in [0, 0.05) is 52.4 Å². The van der Waals surface area contributed by atoms with E-state index in [4.69, 9.17) is 10.2 Å². The lowest BCUT2D eigenvalue weighted by molar-refractivity contribution is -0.139. The number of hydrogen-bond donors (Lipinski definition) is 4. The third kappa shape index (κ3) is 8.05. The Morgan fingerprint density at radius 1 is 0.750 bits per heavy atom. The average molecular weight is 288 g/mol. The molecule has 1 fully saturated rings. The second-order valence-corrected chi connectivity index (χ2v) is 4.84. The Morgan fingerprint density at radius 3 is 1.30 bits per heavy atom. The molecule has 1 saturated heterocycles. The highest BCUT2D eigenvalue weighted by Gasteiger charge is 2.12. The molecule has 116 valence electrons. The lowest BCUT2D eigenvalue weighted by Gasteiger charge is -2.25. The van der Waals surface area contributed by atoms with Gasteiger partial charge in [0.05, 0.1) is 13.1 Å². The normalized spacial score (nSPS) is 20.8. The number of carboxylic acid groups (broad SMARTS) is 2. The standard InChI is InChI=1S/C12H24N4O4/c17-11(18)9-15-5-1-13-2-6-16(10-12(19)20)8-4-14-3-7-15/h13-14H,1-10H2,(H,17,18)(H,19,20). The van der Waals surface area contributed by atoms with Crippen LogP contribution >= 0.6 is 0 Å². The molecule has 0 amide bonds. The van der Waals surface area contributed by atoms with Gasteiger partial charge < -0.3 is 20.8 Å². The smallest absolute Gasteiger partial charge is 0.317 e. The zero-order valence-corrected chi connectivity index (χ0v) is 11.7. The minimum atomic E-state index is -0.815. The summed E-state index contributed by atoms with van der Waals surface area (Å²) in [5.74, 6) is -1.63. The molecule has 1 rings (SSSR count). The maximum absolute atomic E-state index is 10.7. The molecule has 0 aliphatic carbocycles. The molecule has 1 heterocycles. The largest absolute Gasteiger partial charge is 0.480 e. The maximum Gasteiger partial charge on any atom is 0.317 e. The molecular formula is C12H24N4O4. The van der Waals surface area contributed by atoms with E-state index in [0.29, 0.717) is 52.4 Å². The Kier molecular flexibility index (Phi) is 8.12. The van der Waals surface area contributed by atoms with E-state index in [1.165, 1.54) is 0 Å². The molecule has 0 aromatic carbocycles. The molecule has 0 radical (unpaired) electrons. The molecule has 0 aromatic heterocycles. The quantitative estimate of drug-likeness (QED) is 0.469. The molecule has 1 aliphatic heterocycles. The van der Waals surface area contributed by atoms with Gasteiger partial charge in [0.1, 0.15) is 0 Å². The summed E-state index contributed by atoms with van der Waals surface area (Å²) in [6.07, 6.45) is 0. The van der Waals surface area contributed by atoms with Gasteiger partial charge in [-0.25, -0.2) is 0 Å². The van der Waals surface area contributed by atoms with Crippen LogP contribution in [0.2, 0.25) is 0 Å². The van der Waals surface area contributed by atoms with Crippen LogP contribution in [0.4, 0.5) is 0 Å². The fourth-order valence-corrected chi connectivity index (χ4v) is 2.12. The van der Waals surface area contributed by atoms with Gasteiger partial charge in [-0.1, -0.05) is 0 Å². The third-order valence-electron chi connectivity index (χ3n) is 3.14. The summed E-state index contributed by atoms with van der Waals surface area (Å²) in [7, 11) is 0. The minimum Gasteiger partial charge on any atom is -0.480 e. The van der Waals surface area contributed by atoms with Crippen molar-refractivity contribution in [3.8, 4) is 0 Å². The third-order valence-corrected chi connectivity index (χ3v) is 3.14. The molecule has 8 nitrogen and oxygen atoms in total. The van der Waals surface area contributed by atoms with Gasteiger partial charge in [-0.2, -0.15) is 0 Å². The monoisotopic (exact) mass is 288 g/mol. The molecule has 0 spiro atoms. The summed E-state index contributed by atoms with van der Waals surface area (Å²) < 4.78 is 0. The minimum absolute atomic E-state index is 0.0501. The average Bonchev–Trinajstić information content (AvgIpc) is 2.33. The molecule has 0 atom stereocenters. The van der Waals surface area contributed by atoms with E-state index >= 15 is 0 Å². The van der Waals surface area contributed by atoms with Crippen molar-refractivity contribution in [2.45, 2.75) is 0 Å². The van der Waals surface area contributed by atoms with Crippen LogP contribution in [-0.4, -0.2) is 97.4 Å². The van der Waals surface area contributed by atoms with Crippen molar-refractivity contribution in [2.24, 2.45) is 0 Å². The van der Waals surface area contributed by atoms with Crippen molar-refractivity contribution in [3.05, 3.63) is 0 Å². The summed E-state index contributed by atoms with van der Waals surface area (Å²) in [5, 5.41) is 24.1. The summed E-state index contributed by atoms with van der Waals surface area (Å²) in [4.78, 5) is 25.3. The van der Waals surface area contributed by atoms with Gasteiger partial charge in [-0.15, -0.1) is 0 Å². The zero-order valence-electron chi connectivity index (χ0n) is 11.7. The van der Waals surface area contributed by atoms with Crippen molar-refractivity contribution in [1.29, 1.82) is 0 Å². The number of hydrogen-bond acceptors (Lipinski definition) is 6. The molecule has 0 bridgehead atoms. The number of rotatable bonds is 4. The van der Waals surface area contributed by atoms with Gasteiger partial charge >= 0.3 is 11.9 Å². The molecule has 0 unspecified atom stereocenters. The lowest BCUT2D eigenvalue weighted by Crippen LogP contribution is -2.45. The van der Waals surface area contributed by atoms with Crippen LogP contribution in [-0.2, 0) is 9.59 Å². The van der Waals surface area contributed by atoms with E-state index in [9.17, 15) is 9.59 Å². The molecule has 1 aliphatic rings. The predicted octanol–water partition coefficient (Wildman–Crippen LogP) is -2.05. The summed E-state index contributed by atoms with van der Waals surface area (Å²) in [5.41, 5.74) is 0. The van der Waals surface area contributed by atoms with Gasteiger partial charge in [-0.3, -0.25) is 19.4 Å². The zero-order chi connectivity index (χ0) is 14.8. The van der Waals surface area contributed by atoms with E-state index in [1.807, 2.05) is 9.80 Å². The van der Waals surface area contributed by atoms with Crippen molar-refractivity contribution in [3.63, 3.8) is 0 Å². The first kappa shape index (κ1) is 16.8. The predicted molar refractivity (Wildman–Crippen MR) is 73.9 cm³/mol. The highest BCUT2D eigenvalue weighted by Crippen LogP contribution is 1.90.